The SMILES string of the molecule is CCCNC(c1cc(Cl)sc1Cl)c1cccc(F)c1Br. The molecule has 0 radical (unpaired) electrons. The van der Waals surface area contributed by atoms with Crippen LogP contribution in [0.3, 0.4) is 0 Å². The van der Waals surface area contributed by atoms with Gasteiger partial charge in [-0.05, 0) is 46.6 Å². The molecule has 0 saturated heterocycles. The third-order valence-electron chi connectivity index (χ3n) is 2.88. The summed E-state index contributed by atoms with van der Waals surface area (Å²) in [5.41, 5.74) is 1.69. The molecule has 1 heterocycles. The van der Waals surface area contributed by atoms with Gasteiger partial charge in [-0.2, -0.15) is 0 Å². The number of thiophene rings is 1. The highest BCUT2D eigenvalue weighted by molar-refractivity contribution is 9.10. The van der Waals surface area contributed by atoms with Crippen LogP contribution in [-0.2, 0) is 0 Å². The molecule has 1 aromatic carbocycles. The predicted molar refractivity (Wildman–Crippen MR) is 88.6 cm³/mol. The second-order valence-electron chi connectivity index (χ2n) is 4.31. The van der Waals surface area contributed by atoms with Gasteiger partial charge in [0.1, 0.15) is 5.82 Å². The summed E-state index contributed by atoms with van der Waals surface area (Å²) in [6.07, 6.45) is 0.971. The van der Waals surface area contributed by atoms with Gasteiger partial charge in [0.2, 0.25) is 0 Å². The molecule has 0 spiro atoms. The molecule has 1 nitrogen and oxygen atoms in total. The van der Waals surface area contributed by atoms with E-state index in [2.05, 4.69) is 28.2 Å². The highest BCUT2D eigenvalue weighted by atomic mass is 79.9. The van der Waals surface area contributed by atoms with Gasteiger partial charge >= 0.3 is 0 Å². The molecule has 1 N–H and O–H groups in total. The zero-order valence-electron chi connectivity index (χ0n) is 10.7. The summed E-state index contributed by atoms with van der Waals surface area (Å²) in [5.74, 6) is -0.289. The summed E-state index contributed by atoms with van der Waals surface area (Å²) < 4.78 is 15.5. The largest absolute Gasteiger partial charge is 0.306 e. The predicted octanol–water partition coefficient (Wildman–Crippen LogP) is 6.05. The van der Waals surface area contributed by atoms with Crippen molar-refractivity contribution in [3.05, 3.63) is 54.4 Å². The maximum absolute atomic E-state index is 13.8. The van der Waals surface area contributed by atoms with Crippen LogP contribution in [0.2, 0.25) is 8.67 Å². The van der Waals surface area contributed by atoms with E-state index in [0.717, 1.165) is 24.1 Å². The van der Waals surface area contributed by atoms with Crippen molar-refractivity contribution in [2.75, 3.05) is 6.54 Å². The highest BCUT2D eigenvalue weighted by Gasteiger charge is 2.22. The molecule has 0 aliphatic heterocycles. The van der Waals surface area contributed by atoms with Crippen LogP contribution < -0.4 is 5.32 Å². The molecule has 0 aliphatic carbocycles. The molecule has 2 aromatic rings. The van der Waals surface area contributed by atoms with Crippen molar-refractivity contribution in [3.63, 3.8) is 0 Å². The second-order valence-corrected chi connectivity index (χ2v) is 7.39. The normalized spacial score (nSPS) is 12.7. The van der Waals surface area contributed by atoms with Crippen LogP contribution >= 0.6 is 50.5 Å². The fraction of sp³-hybridized carbons (Fsp3) is 0.286. The number of benzene rings is 1. The molecule has 2 rings (SSSR count). The maximum atomic E-state index is 13.8. The fourth-order valence-electron chi connectivity index (χ4n) is 1.97. The van der Waals surface area contributed by atoms with Gasteiger partial charge in [-0.3, -0.25) is 0 Å². The van der Waals surface area contributed by atoms with E-state index in [1.165, 1.54) is 17.4 Å². The van der Waals surface area contributed by atoms with Gasteiger partial charge in [-0.15, -0.1) is 11.3 Å². The monoisotopic (exact) mass is 395 g/mol. The highest BCUT2D eigenvalue weighted by Crippen LogP contribution is 2.39. The van der Waals surface area contributed by atoms with Crippen LogP contribution in [0.4, 0.5) is 4.39 Å². The molecule has 0 fully saturated rings. The number of hydrogen-bond acceptors (Lipinski definition) is 2. The van der Waals surface area contributed by atoms with Crippen molar-refractivity contribution in [2.45, 2.75) is 19.4 Å². The minimum absolute atomic E-state index is 0.184. The van der Waals surface area contributed by atoms with Gasteiger partial charge in [-0.25, -0.2) is 4.39 Å². The van der Waals surface area contributed by atoms with Gasteiger partial charge in [-0.1, -0.05) is 42.3 Å². The minimum Gasteiger partial charge on any atom is -0.306 e. The number of hydrogen-bond donors (Lipinski definition) is 1. The van der Waals surface area contributed by atoms with Crippen molar-refractivity contribution < 1.29 is 4.39 Å². The molecular weight excluding hydrogens is 384 g/mol. The lowest BCUT2D eigenvalue weighted by molar-refractivity contribution is 0.581. The summed E-state index contributed by atoms with van der Waals surface area (Å²) in [4.78, 5) is 0. The second kappa shape index (κ2) is 7.23. The number of halogens is 4. The summed E-state index contributed by atoms with van der Waals surface area (Å²) in [6, 6.07) is 6.64. The van der Waals surface area contributed by atoms with E-state index in [4.69, 9.17) is 23.2 Å². The Bertz CT molecular complexity index is 603. The first-order valence-electron chi connectivity index (χ1n) is 6.16. The Morgan fingerprint density at radius 2 is 2.10 bits per heavy atom. The average molecular weight is 397 g/mol. The van der Waals surface area contributed by atoms with E-state index in [0.29, 0.717) is 13.1 Å². The molecule has 1 aromatic heterocycles. The first-order valence-corrected chi connectivity index (χ1v) is 8.53. The number of rotatable bonds is 5. The Hall–Kier alpha value is -0.130. The minimum atomic E-state index is -0.289. The van der Waals surface area contributed by atoms with Gasteiger partial charge < -0.3 is 5.32 Å². The first kappa shape index (κ1) is 16.2. The Morgan fingerprint density at radius 1 is 1.35 bits per heavy atom. The van der Waals surface area contributed by atoms with E-state index in [-0.39, 0.29) is 11.9 Å². The third kappa shape index (κ3) is 3.55. The molecule has 0 aliphatic rings. The van der Waals surface area contributed by atoms with Crippen molar-refractivity contribution >= 4 is 50.5 Å². The number of nitrogens with one attached hydrogen (secondary N) is 1. The Labute approximate surface area is 140 Å². The van der Waals surface area contributed by atoms with E-state index < -0.39 is 0 Å². The standard InChI is InChI=1S/C14H13BrCl2FNS/c1-2-6-19-13(9-7-11(16)20-14(9)17)8-4-3-5-10(18)12(8)15/h3-5,7,13,19H,2,6H2,1H3. The lowest BCUT2D eigenvalue weighted by Gasteiger charge is -2.20. The quantitative estimate of drug-likeness (QED) is 0.648. The smallest absolute Gasteiger partial charge is 0.137 e. The van der Waals surface area contributed by atoms with E-state index in [1.807, 2.05) is 12.1 Å². The Kier molecular flexibility index (Phi) is 5.87. The first-order chi connectivity index (χ1) is 9.54. The van der Waals surface area contributed by atoms with Gasteiger partial charge in [0, 0.05) is 5.56 Å². The molecule has 1 atom stereocenters. The van der Waals surface area contributed by atoms with Crippen LogP contribution in [0.15, 0.2) is 28.7 Å². The van der Waals surface area contributed by atoms with Crippen LogP contribution in [0.25, 0.3) is 0 Å². The summed E-state index contributed by atoms with van der Waals surface area (Å²) in [6.45, 7) is 2.88. The molecule has 0 amide bonds. The van der Waals surface area contributed by atoms with Crippen LogP contribution in [0.1, 0.15) is 30.5 Å². The summed E-state index contributed by atoms with van der Waals surface area (Å²) in [5, 5.41) is 3.39. The van der Waals surface area contributed by atoms with E-state index >= 15 is 0 Å². The average Bonchev–Trinajstić information content (AvgIpc) is 2.74. The Morgan fingerprint density at radius 3 is 2.70 bits per heavy atom. The zero-order chi connectivity index (χ0) is 14.7. The van der Waals surface area contributed by atoms with Crippen molar-refractivity contribution in [1.29, 1.82) is 0 Å². The lowest BCUT2D eigenvalue weighted by atomic mass is 10.0. The third-order valence-corrected chi connectivity index (χ3v) is 5.24. The molecule has 6 heteroatoms. The fourth-order valence-corrected chi connectivity index (χ4v) is 3.99. The van der Waals surface area contributed by atoms with Crippen LogP contribution in [0.5, 0.6) is 0 Å². The molecule has 20 heavy (non-hydrogen) atoms. The van der Waals surface area contributed by atoms with E-state index in [1.54, 1.807) is 6.07 Å². The maximum Gasteiger partial charge on any atom is 0.137 e. The molecular formula is C14H13BrCl2FNS. The molecule has 0 bridgehead atoms. The topological polar surface area (TPSA) is 12.0 Å². The summed E-state index contributed by atoms with van der Waals surface area (Å²) in [7, 11) is 0. The van der Waals surface area contributed by atoms with Crippen molar-refractivity contribution in [3.8, 4) is 0 Å². The lowest BCUT2D eigenvalue weighted by Crippen LogP contribution is -2.23. The van der Waals surface area contributed by atoms with Gasteiger partial charge in [0.05, 0.1) is 19.2 Å². The van der Waals surface area contributed by atoms with Crippen LogP contribution in [-0.4, -0.2) is 6.54 Å². The molecule has 0 saturated carbocycles. The molecule has 108 valence electrons. The van der Waals surface area contributed by atoms with E-state index in [9.17, 15) is 4.39 Å². The summed E-state index contributed by atoms with van der Waals surface area (Å²) >= 11 is 16.9. The van der Waals surface area contributed by atoms with Crippen molar-refractivity contribution in [2.24, 2.45) is 0 Å². The molecule has 1 unspecified atom stereocenters. The van der Waals surface area contributed by atoms with Crippen LogP contribution in [0, 0.1) is 5.82 Å². The van der Waals surface area contributed by atoms with Gasteiger partial charge in [0.25, 0.3) is 0 Å². The Balaban J connectivity index is 2.47. The zero-order valence-corrected chi connectivity index (χ0v) is 14.6. The van der Waals surface area contributed by atoms with Gasteiger partial charge in [0.15, 0.2) is 0 Å². The van der Waals surface area contributed by atoms with Crippen molar-refractivity contribution in [1.82, 2.24) is 5.32 Å².